The molecule has 4 amide bonds. The van der Waals surface area contributed by atoms with Crippen LogP contribution in [0.1, 0.15) is 32.6 Å². The zero-order valence-electron chi connectivity index (χ0n) is 15.6. The Morgan fingerprint density at radius 2 is 1.82 bits per heavy atom. The number of nitrogens with two attached hydrogens (primary N) is 2. The highest BCUT2D eigenvalue weighted by atomic mass is 16.4. The number of rotatable bonds is 10. The van der Waals surface area contributed by atoms with Crippen LogP contribution in [-0.4, -0.2) is 82.0 Å². The number of hydrogen-bond donors (Lipinski definition) is 6. The van der Waals surface area contributed by atoms with Crippen molar-refractivity contribution in [1.29, 1.82) is 0 Å². The van der Waals surface area contributed by atoms with E-state index in [0.29, 0.717) is 19.4 Å². The van der Waals surface area contributed by atoms with E-state index in [2.05, 4.69) is 10.6 Å². The molecule has 0 aromatic carbocycles. The number of carboxylic acid groups (broad SMARTS) is 1. The Labute approximate surface area is 161 Å². The summed E-state index contributed by atoms with van der Waals surface area (Å²) in [7, 11) is 0. The molecule has 28 heavy (non-hydrogen) atoms. The minimum Gasteiger partial charge on any atom is -0.480 e. The van der Waals surface area contributed by atoms with E-state index in [1.165, 1.54) is 11.8 Å². The number of nitrogens with one attached hydrogen (secondary N) is 2. The van der Waals surface area contributed by atoms with Crippen molar-refractivity contribution < 1.29 is 34.2 Å². The first-order valence-electron chi connectivity index (χ1n) is 8.87. The van der Waals surface area contributed by atoms with Gasteiger partial charge in [0.1, 0.15) is 18.1 Å². The van der Waals surface area contributed by atoms with Gasteiger partial charge >= 0.3 is 5.97 Å². The van der Waals surface area contributed by atoms with Crippen LogP contribution < -0.4 is 22.1 Å². The molecule has 0 bridgehead atoms. The van der Waals surface area contributed by atoms with E-state index in [1.54, 1.807) is 0 Å². The van der Waals surface area contributed by atoms with E-state index in [-0.39, 0.29) is 12.8 Å². The highest BCUT2D eigenvalue weighted by Crippen LogP contribution is 2.18. The molecule has 158 valence electrons. The Balaban J connectivity index is 2.74. The predicted octanol–water partition coefficient (Wildman–Crippen LogP) is -3.36. The van der Waals surface area contributed by atoms with Crippen LogP contribution in [0.25, 0.3) is 0 Å². The van der Waals surface area contributed by atoms with Gasteiger partial charge in [0, 0.05) is 13.0 Å². The summed E-state index contributed by atoms with van der Waals surface area (Å²) in [5, 5.41) is 23.0. The Kier molecular flexibility index (Phi) is 8.79. The number of primary amides is 1. The first-order chi connectivity index (χ1) is 13.1. The maximum Gasteiger partial charge on any atom is 0.326 e. The molecular formula is C16H27N5O7. The van der Waals surface area contributed by atoms with Gasteiger partial charge in [-0.3, -0.25) is 19.2 Å². The molecule has 1 heterocycles. The fourth-order valence-electron chi connectivity index (χ4n) is 2.84. The maximum absolute atomic E-state index is 12.5. The topological polar surface area (TPSA) is 205 Å². The molecule has 4 unspecified atom stereocenters. The Bertz CT molecular complexity index is 625. The van der Waals surface area contributed by atoms with Crippen molar-refractivity contribution in [3.8, 4) is 0 Å². The average Bonchev–Trinajstić information content (AvgIpc) is 3.11. The second-order valence-electron chi connectivity index (χ2n) is 6.63. The number of carbonyl (C=O) groups is 5. The van der Waals surface area contributed by atoms with Crippen LogP contribution in [0.2, 0.25) is 0 Å². The number of likely N-dealkylation sites (tertiary alicyclic amines) is 1. The maximum atomic E-state index is 12.5. The van der Waals surface area contributed by atoms with E-state index in [9.17, 15) is 29.1 Å². The molecule has 4 atom stereocenters. The van der Waals surface area contributed by atoms with Crippen LogP contribution >= 0.6 is 0 Å². The zero-order valence-corrected chi connectivity index (χ0v) is 15.6. The van der Waals surface area contributed by atoms with Gasteiger partial charge in [-0.25, -0.2) is 4.79 Å². The van der Waals surface area contributed by atoms with Gasteiger partial charge in [-0.1, -0.05) is 0 Å². The van der Waals surface area contributed by atoms with Crippen LogP contribution in [0, 0.1) is 0 Å². The van der Waals surface area contributed by atoms with E-state index in [0.717, 1.165) is 0 Å². The smallest absolute Gasteiger partial charge is 0.326 e. The number of aliphatic hydroxyl groups excluding tert-OH is 1. The third kappa shape index (κ3) is 6.46. The molecule has 0 radical (unpaired) electrons. The summed E-state index contributed by atoms with van der Waals surface area (Å²) >= 11 is 0. The normalized spacial score (nSPS) is 19.4. The molecule has 0 spiro atoms. The molecular weight excluding hydrogens is 374 g/mol. The monoisotopic (exact) mass is 401 g/mol. The summed E-state index contributed by atoms with van der Waals surface area (Å²) in [5.41, 5.74) is 10.5. The molecule has 0 saturated carbocycles. The summed E-state index contributed by atoms with van der Waals surface area (Å²) in [4.78, 5) is 60.1. The van der Waals surface area contributed by atoms with Crippen molar-refractivity contribution in [2.45, 2.75) is 56.8 Å². The van der Waals surface area contributed by atoms with E-state index < -0.39 is 60.4 Å². The van der Waals surface area contributed by atoms with Crippen LogP contribution in [-0.2, 0) is 24.0 Å². The highest BCUT2D eigenvalue weighted by molar-refractivity contribution is 5.94. The molecule has 1 rings (SSSR count). The third-order valence-electron chi connectivity index (χ3n) is 4.34. The summed E-state index contributed by atoms with van der Waals surface area (Å²) in [6, 6.07) is -4.44. The lowest BCUT2D eigenvalue weighted by Gasteiger charge is -2.27. The minimum absolute atomic E-state index is 0.234. The van der Waals surface area contributed by atoms with Gasteiger partial charge in [-0.2, -0.15) is 0 Å². The highest BCUT2D eigenvalue weighted by Gasteiger charge is 2.37. The Morgan fingerprint density at radius 3 is 2.32 bits per heavy atom. The van der Waals surface area contributed by atoms with Crippen molar-refractivity contribution in [3.63, 3.8) is 0 Å². The predicted molar refractivity (Wildman–Crippen MR) is 95.4 cm³/mol. The number of carboxylic acids is 1. The van der Waals surface area contributed by atoms with Crippen molar-refractivity contribution in [2.24, 2.45) is 11.5 Å². The summed E-state index contributed by atoms with van der Waals surface area (Å²) in [6.07, 6.45) is 0.465. The van der Waals surface area contributed by atoms with Crippen molar-refractivity contribution >= 4 is 29.6 Å². The summed E-state index contributed by atoms with van der Waals surface area (Å²) in [5.74, 6) is -4.10. The fraction of sp³-hybridized carbons (Fsp3) is 0.688. The lowest BCUT2D eigenvalue weighted by molar-refractivity contribution is -0.143. The molecule has 1 aliphatic rings. The molecule has 12 heteroatoms. The van der Waals surface area contributed by atoms with Gasteiger partial charge < -0.3 is 37.2 Å². The van der Waals surface area contributed by atoms with Gasteiger partial charge in [0.15, 0.2) is 0 Å². The van der Waals surface area contributed by atoms with Crippen LogP contribution in [0.5, 0.6) is 0 Å². The first-order valence-corrected chi connectivity index (χ1v) is 8.87. The van der Waals surface area contributed by atoms with Gasteiger partial charge in [-0.15, -0.1) is 0 Å². The number of hydrogen-bond acceptors (Lipinski definition) is 7. The van der Waals surface area contributed by atoms with Gasteiger partial charge in [0.2, 0.25) is 23.6 Å². The first kappa shape index (κ1) is 23.3. The molecule has 1 saturated heterocycles. The van der Waals surface area contributed by atoms with Gasteiger partial charge in [0.05, 0.1) is 12.6 Å². The van der Waals surface area contributed by atoms with E-state index in [1.807, 2.05) is 0 Å². The lowest BCUT2D eigenvalue weighted by atomic mass is 10.1. The Morgan fingerprint density at radius 1 is 1.18 bits per heavy atom. The largest absolute Gasteiger partial charge is 0.480 e. The second-order valence-corrected chi connectivity index (χ2v) is 6.63. The number of carbonyl (C=O) groups excluding carboxylic acids is 4. The summed E-state index contributed by atoms with van der Waals surface area (Å²) < 4.78 is 0. The van der Waals surface area contributed by atoms with Gasteiger partial charge in [-0.05, 0) is 26.2 Å². The SMILES string of the molecule is CC(N)C(=O)N1CCCC1C(=O)NC(CO)C(=O)NC(CCC(N)=O)C(=O)O. The fourth-order valence-corrected chi connectivity index (χ4v) is 2.84. The third-order valence-corrected chi connectivity index (χ3v) is 4.34. The lowest BCUT2D eigenvalue weighted by Crippen LogP contribution is -2.57. The quantitative estimate of drug-likeness (QED) is 0.217. The van der Waals surface area contributed by atoms with Crippen molar-refractivity contribution in [1.82, 2.24) is 15.5 Å². The van der Waals surface area contributed by atoms with Gasteiger partial charge in [0.25, 0.3) is 0 Å². The molecule has 0 aromatic heterocycles. The minimum atomic E-state index is -1.42. The van der Waals surface area contributed by atoms with Crippen molar-refractivity contribution in [3.05, 3.63) is 0 Å². The molecule has 12 nitrogen and oxygen atoms in total. The molecule has 1 fully saturated rings. The molecule has 1 aliphatic heterocycles. The number of amides is 4. The van der Waals surface area contributed by atoms with E-state index in [4.69, 9.17) is 16.6 Å². The standard InChI is InChI=1S/C16H27N5O7/c1-8(17)15(26)21-6-2-3-11(21)14(25)20-10(7-22)13(24)19-9(16(27)28)4-5-12(18)23/h8-11,22H,2-7,17H2,1H3,(H2,18,23)(H,19,24)(H,20,25)(H,27,28). The van der Waals surface area contributed by atoms with Crippen LogP contribution in [0.4, 0.5) is 0 Å². The molecule has 0 aliphatic carbocycles. The van der Waals surface area contributed by atoms with Crippen molar-refractivity contribution in [2.75, 3.05) is 13.2 Å². The van der Waals surface area contributed by atoms with E-state index >= 15 is 0 Å². The molecule has 0 aromatic rings. The van der Waals surface area contributed by atoms with Crippen LogP contribution in [0.15, 0.2) is 0 Å². The number of aliphatic hydroxyl groups is 1. The second kappa shape index (κ2) is 10.6. The number of aliphatic carboxylic acids is 1. The van der Waals surface area contributed by atoms with Crippen LogP contribution in [0.3, 0.4) is 0 Å². The summed E-state index contributed by atoms with van der Waals surface area (Å²) in [6.45, 7) is 1.06. The molecule has 8 N–H and O–H groups in total. The Hall–Kier alpha value is -2.73. The zero-order chi connectivity index (χ0) is 21.4. The number of nitrogens with zero attached hydrogens (tertiary/aromatic N) is 1. The average molecular weight is 401 g/mol.